The average Bonchev–Trinajstić information content (AvgIpc) is 2.92. The molecule has 4 aromatic rings. The van der Waals surface area contributed by atoms with Crippen molar-refractivity contribution < 1.29 is 0 Å². The highest BCUT2D eigenvalue weighted by Gasteiger charge is 2.05. The lowest BCUT2D eigenvalue weighted by Crippen LogP contribution is -2.01. The van der Waals surface area contributed by atoms with Crippen LogP contribution in [-0.4, -0.2) is 15.0 Å². The van der Waals surface area contributed by atoms with E-state index in [2.05, 4.69) is 20.3 Å². The molecule has 0 aliphatic carbocycles. The number of halogens is 1. The van der Waals surface area contributed by atoms with Gasteiger partial charge in [-0.2, -0.15) is 0 Å². The van der Waals surface area contributed by atoms with Crippen molar-refractivity contribution in [2.24, 2.45) is 0 Å². The van der Waals surface area contributed by atoms with E-state index in [1.807, 2.05) is 48.5 Å². The Morgan fingerprint density at radius 2 is 1.87 bits per heavy atom. The summed E-state index contributed by atoms with van der Waals surface area (Å²) in [5.41, 5.74) is 4.05. The van der Waals surface area contributed by atoms with Crippen molar-refractivity contribution in [2.75, 3.05) is 5.32 Å². The van der Waals surface area contributed by atoms with Crippen LogP contribution < -0.4 is 11.0 Å². The van der Waals surface area contributed by atoms with Gasteiger partial charge < -0.3 is 15.3 Å². The third-order valence-electron chi connectivity index (χ3n) is 3.75. The maximum atomic E-state index is 11.3. The van der Waals surface area contributed by atoms with Crippen molar-refractivity contribution in [1.29, 1.82) is 0 Å². The van der Waals surface area contributed by atoms with Crippen LogP contribution in [0.2, 0.25) is 5.15 Å². The van der Waals surface area contributed by atoms with Crippen LogP contribution in [0, 0.1) is 0 Å². The van der Waals surface area contributed by atoms with Gasteiger partial charge >= 0.3 is 5.69 Å². The monoisotopic (exact) mass is 324 g/mol. The molecule has 2 aromatic heterocycles. The SMILES string of the molecule is O=c1[nH]c2ccc(NCc3cc4ccccc4nc3Cl)cc2[nH]1. The third-order valence-corrected chi connectivity index (χ3v) is 4.08. The molecule has 0 fully saturated rings. The Morgan fingerprint density at radius 3 is 2.78 bits per heavy atom. The smallest absolute Gasteiger partial charge is 0.323 e. The van der Waals surface area contributed by atoms with Gasteiger partial charge in [0.25, 0.3) is 0 Å². The summed E-state index contributed by atoms with van der Waals surface area (Å²) in [5.74, 6) is 0. The molecule has 0 atom stereocenters. The first-order chi connectivity index (χ1) is 11.2. The van der Waals surface area contributed by atoms with E-state index >= 15 is 0 Å². The Kier molecular flexibility index (Phi) is 3.28. The second-order valence-electron chi connectivity index (χ2n) is 5.32. The molecule has 3 N–H and O–H groups in total. The van der Waals surface area contributed by atoms with Gasteiger partial charge in [0.2, 0.25) is 0 Å². The minimum absolute atomic E-state index is 0.209. The maximum absolute atomic E-state index is 11.3. The fourth-order valence-corrected chi connectivity index (χ4v) is 2.81. The van der Waals surface area contributed by atoms with Crippen molar-refractivity contribution in [3.8, 4) is 0 Å². The van der Waals surface area contributed by atoms with E-state index in [4.69, 9.17) is 11.6 Å². The molecular weight excluding hydrogens is 312 g/mol. The Bertz CT molecular complexity index is 1070. The van der Waals surface area contributed by atoms with E-state index in [1.165, 1.54) is 0 Å². The second-order valence-corrected chi connectivity index (χ2v) is 5.68. The molecule has 2 aromatic carbocycles. The second kappa shape index (κ2) is 5.44. The van der Waals surface area contributed by atoms with Gasteiger partial charge in [0, 0.05) is 23.2 Å². The quantitative estimate of drug-likeness (QED) is 0.503. The Hall–Kier alpha value is -2.79. The largest absolute Gasteiger partial charge is 0.381 e. The van der Waals surface area contributed by atoms with Crippen LogP contribution in [0.1, 0.15) is 5.56 Å². The molecule has 4 rings (SSSR count). The third kappa shape index (κ3) is 2.66. The van der Waals surface area contributed by atoms with E-state index < -0.39 is 0 Å². The fraction of sp³-hybridized carbons (Fsp3) is 0.0588. The number of rotatable bonds is 3. The number of aromatic nitrogens is 3. The van der Waals surface area contributed by atoms with Crippen LogP contribution in [-0.2, 0) is 6.54 Å². The van der Waals surface area contributed by atoms with Crippen molar-refractivity contribution in [2.45, 2.75) is 6.54 Å². The summed E-state index contributed by atoms with van der Waals surface area (Å²) < 4.78 is 0. The van der Waals surface area contributed by atoms with E-state index in [0.29, 0.717) is 11.7 Å². The molecule has 0 radical (unpaired) electrons. The molecule has 0 unspecified atom stereocenters. The van der Waals surface area contributed by atoms with Crippen LogP contribution in [0.4, 0.5) is 5.69 Å². The molecular formula is C17H13ClN4O. The minimum Gasteiger partial charge on any atom is -0.381 e. The zero-order chi connectivity index (χ0) is 15.8. The number of nitrogens with zero attached hydrogens (tertiary/aromatic N) is 1. The van der Waals surface area contributed by atoms with Gasteiger partial charge in [-0.25, -0.2) is 9.78 Å². The first kappa shape index (κ1) is 13.8. The highest BCUT2D eigenvalue weighted by Crippen LogP contribution is 2.22. The molecule has 0 bridgehead atoms. The number of H-pyrrole nitrogens is 2. The molecule has 0 aliphatic heterocycles. The molecule has 0 spiro atoms. The Morgan fingerprint density at radius 1 is 1.04 bits per heavy atom. The highest BCUT2D eigenvalue weighted by molar-refractivity contribution is 6.30. The number of pyridine rings is 1. The van der Waals surface area contributed by atoms with Crippen molar-refractivity contribution in [3.63, 3.8) is 0 Å². The van der Waals surface area contributed by atoms with E-state index in [0.717, 1.165) is 33.2 Å². The molecule has 0 amide bonds. The van der Waals surface area contributed by atoms with Gasteiger partial charge in [-0.3, -0.25) is 0 Å². The molecule has 23 heavy (non-hydrogen) atoms. The molecule has 2 heterocycles. The van der Waals surface area contributed by atoms with Gasteiger partial charge in [0.15, 0.2) is 0 Å². The summed E-state index contributed by atoms with van der Waals surface area (Å²) in [6.07, 6.45) is 0. The van der Waals surface area contributed by atoms with E-state index in [1.54, 1.807) is 0 Å². The zero-order valence-corrected chi connectivity index (χ0v) is 12.8. The number of nitrogens with one attached hydrogen (secondary N) is 3. The van der Waals surface area contributed by atoms with Crippen LogP contribution >= 0.6 is 11.6 Å². The topological polar surface area (TPSA) is 73.6 Å². The van der Waals surface area contributed by atoms with Crippen molar-refractivity contribution in [1.82, 2.24) is 15.0 Å². The Balaban J connectivity index is 1.62. The van der Waals surface area contributed by atoms with Crippen LogP contribution in [0.3, 0.4) is 0 Å². The predicted molar refractivity (Wildman–Crippen MR) is 93.0 cm³/mol. The number of anilines is 1. The summed E-state index contributed by atoms with van der Waals surface area (Å²) in [6.45, 7) is 0.552. The van der Waals surface area contributed by atoms with Crippen LogP contribution in [0.25, 0.3) is 21.9 Å². The molecule has 5 nitrogen and oxygen atoms in total. The summed E-state index contributed by atoms with van der Waals surface area (Å²) in [5, 5.41) is 4.86. The van der Waals surface area contributed by atoms with Gasteiger partial charge in [0.1, 0.15) is 5.15 Å². The zero-order valence-electron chi connectivity index (χ0n) is 12.1. The fourth-order valence-electron chi connectivity index (χ4n) is 2.60. The molecule has 6 heteroatoms. The van der Waals surface area contributed by atoms with E-state index in [-0.39, 0.29) is 5.69 Å². The van der Waals surface area contributed by atoms with Gasteiger partial charge in [-0.05, 0) is 30.3 Å². The van der Waals surface area contributed by atoms with Crippen molar-refractivity contribution in [3.05, 3.63) is 69.7 Å². The van der Waals surface area contributed by atoms with Crippen LogP contribution in [0.15, 0.2) is 53.3 Å². The normalized spacial score (nSPS) is 11.2. The predicted octanol–water partition coefficient (Wildman–Crippen LogP) is 3.67. The lowest BCUT2D eigenvalue weighted by molar-refractivity contribution is 1.13. The molecule has 0 aliphatic rings. The number of aromatic amines is 2. The van der Waals surface area contributed by atoms with Crippen LogP contribution in [0.5, 0.6) is 0 Å². The Labute approximate surface area is 136 Å². The highest BCUT2D eigenvalue weighted by atomic mass is 35.5. The first-order valence-electron chi connectivity index (χ1n) is 7.19. The molecule has 114 valence electrons. The number of benzene rings is 2. The first-order valence-corrected chi connectivity index (χ1v) is 7.57. The number of para-hydroxylation sites is 1. The lowest BCUT2D eigenvalue weighted by atomic mass is 10.1. The summed E-state index contributed by atoms with van der Waals surface area (Å²) in [6, 6.07) is 15.6. The molecule has 0 saturated carbocycles. The van der Waals surface area contributed by atoms with Gasteiger partial charge in [0.05, 0.1) is 16.6 Å². The number of imidazole rings is 1. The summed E-state index contributed by atoms with van der Waals surface area (Å²) >= 11 is 6.26. The minimum atomic E-state index is -0.209. The van der Waals surface area contributed by atoms with Crippen molar-refractivity contribution >= 4 is 39.2 Å². The molecule has 0 saturated heterocycles. The van der Waals surface area contributed by atoms with E-state index in [9.17, 15) is 4.79 Å². The van der Waals surface area contributed by atoms with Gasteiger partial charge in [-0.15, -0.1) is 0 Å². The number of fused-ring (bicyclic) bond motifs is 2. The number of hydrogen-bond acceptors (Lipinski definition) is 3. The maximum Gasteiger partial charge on any atom is 0.323 e. The number of hydrogen-bond donors (Lipinski definition) is 3. The lowest BCUT2D eigenvalue weighted by Gasteiger charge is -2.09. The summed E-state index contributed by atoms with van der Waals surface area (Å²) in [4.78, 5) is 21.2. The average molecular weight is 325 g/mol. The standard InChI is InChI=1S/C17H13ClN4O/c18-16-11(7-10-3-1-2-4-13(10)20-16)9-19-12-5-6-14-15(8-12)22-17(23)21-14/h1-8,19H,9H2,(H2,21,22,23). The van der Waals surface area contributed by atoms with Gasteiger partial charge in [-0.1, -0.05) is 29.8 Å². The summed E-state index contributed by atoms with van der Waals surface area (Å²) in [7, 11) is 0.